The molecule has 0 saturated carbocycles. The van der Waals surface area contributed by atoms with Crippen LogP contribution in [0.5, 0.6) is 0 Å². The molecule has 0 aromatic heterocycles. The summed E-state index contributed by atoms with van der Waals surface area (Å²) in [5.41, 5.74) is 0. The first kappa shape index (κ1) is 7.82. The Kier molecular flexibility index (Phi) is 2.51. The minimum absolute atomic E-state index is 0.501. The third-order valence-corrected chi connectivity index (χ3v) is 1.95. The third-order valence-electron chi connectivity index (χ3n) is 0.980. The van der Waals surface area contributed by atoms with E-state index in [1.165, 1.54) is 6.07 Å². The zero-order chi connectivity index (χ0) is 7.56. The van der Waals surface area contributed by atoms with E-state index in [9.17, 15) is 8.78 Å². The first-order valence-electron chi connectivity index (χ1n) is 2.47. The molecule has 0 N–H and O–H groups in total. The Balaban J connectivity index is 3.04. The average molecular weight is 181 g/mol. The number of hydrogen-bond donors (Lipinski definition) is 0. The van der Waals surface area contributed by atoms with Crippen molar-refractivity contribution in [3.63, 3.8) is 0 Å². The van der Waals surface area contributed by atoms with E-state index in [2.05, 4.69) is 0 Å². The highest BCUT2D eigenvalue weighted by Crippen LogP contribution is 2.22. The molecule has 0 spiro atoms. The molecule has 4 heteroatoms. The van der Waals surface area contributed by atoms with Crippen LogP contribution in [-0.4, -0.2) is 0 Å². The fraction of sp³-hybridized carbons (Fsp3) is 0. The molecule has 0 aliphatic carbocycles. The molecule has 1 rings (SSSR count). The second-order valence-corrected chi connectivity index (χ2v) is 2.74. The lowest BCUT2D eigenvalue weighted by Crippen LogP contribution is -1.81. The SMILES string of the molecule is Fc1ccc(SCl)cc1F. The zero-order valence-electron chi connectivity index (χ0n) is 4.77. The molecule has 0 nitrogen and oxygen atoms in total. The summed E-state index contributed by atoms with van der Waals surface area (Å²) in [6.45, 7) is 0. The Labute approximate surface area is 65.7 Å². The lowest BCUT2D eigenvalue weighted by Gasteiger charge is -1.93. The van der Waals surface area contributed by atoms with Crippen molar-refractivity contribution >= 4 is 21.7 Å². The lowest BCUT2D eigenvalue weighted by molar-refractivity contribution is 0.506. The number of halogens is 3. The molecule has 1 aromatic rings. The molecule has 0 unspecified atom stereocenters. The van der Waals surface area contributed by atoms with Gasteiger partial charge in [0.1, 0.15) is 0 Å². The van der Waals surface area contributed by atoms with Crippen molar-refractivity contribution in [3.8, 4) is 0 Å². The molecule has 0 heterocycles. The topological polar surface area (TPSA) is 0 Å². The van der Waals surface area contributed by atoms with Gasteiger partial charge in [-0.2, -0.15) is 0 Å². The molecule has 0 aliphatic rings. The Bertz CT molecular complexity index is 239. The van der Waals surface area contributed by atoms with Crippen molar-refractivity contribution in [1.82, 2.24) is 0 Å². The summed E-state index contributed by atoms with van der Waals surface area (Å²) in [4.78, 5) is 0.501. The lowest BCUT2D eigenvalue weighted by atomic mass is 10.3. The van der Waals surface area contributed by atoms with Crippen LogP contribution >= 0.6 is 21.7 Å². The molecule has 0 bridgehead atoms. The normalized spacial score (nSPS) is 9.90. The third kappa shape index (κ3) is 1.61. The van der Waals surface area contributed by atoms with Gasteiger partial charge in [0.15, 0.2) is 11.6 Å². The summed E-state index contributed by atoms with van der Waals surface area (Å²) >= 11 is 0. The molecule has 0 amide bonds. The molecule has 0 atom stereocenters. The van der Waals surface area contributed by atoms with Crippen LogP contribution in [0.15, 0.2) is 23.1 Å². The van der Waals surface area contributed by atoms with E-state index in [4.69, 9.17) is 10.7 Å². The summed E-state index contributed by atoms with van der Waals surface area (Å²) in [6.07, 6.45) is 0. The summed E-state index contributed by atoms with van der Waals surface area (Å²) in [6, 6.07) is 3.50. The second kappa shape index (κ2) is 3.21. The highest BCUT2D eigenvalue weighted by atomic mass is 35.7. The average Bonchev–Trinajstić information content (AvgIpc) is 1.95. The monoisotopic (exact) mass is 180 g/mol. The van der Waals surface area contributed by atoms with Crippen LogP contribution in [0.3, 0.4) is 0 Å². The van der Waals surface area contributed by atoms with Crippen molar-refractivity contribution in [2.24, 2.45) is 0 Å². The molecule has 0 saturated heterocycles. The molecule has 0 fully saturated rings. The number of rotatable bonds is 1. The van der Waals surface area contributed by atoms with Gasteiger partial charge in [-0.1, -0.05) is 0 Å². The van der Waals surface area contributed by atoms with Crippen LogP contribution in [0, 0.1) is 11.6 Å². The molecular weight excluding hydrogens is 178 g/mol. The van der Waals surface area contributed by atoms with Crippen molar-refractivity contribution in [1.29, 1.82) is 0 Å². The maximum atomic E-state index is 12.3. The predicted octanol–water partition coefficient (Wildman–Crippen LogP) is 3.21. The Morgan fingerprint density at radius 3 is 2.40 bits per heavy atom. The molecule has 0 aliphatic heterocycles. The van der Waals surface area contributed by atoms with E-state index in [1.807, 2.05) is 0 Å². The minimum Gasteiger partial charge on any atom is -0.204 e. The van der Waals surface area contributed by atoms with E-state index in [1.54, 1.807) is 0 Å². The van der Waals surface area contributed by atoms with Crippen LogP contribution in [0.1, 0.15) is 0 Å². The quantitative estimate of drug-likeness (QED) is 0.640. The van der Waals surface area contributed by atoms with Crippen LogP contribution in [0.2, 0.25) is 0 Å². The first-order chi connectivity index (χ1) is 4.74. The summed E-state index contributed by atoms with van der Waals surface area (Å²) in [5, 5.41) is 0. The molecule has 1 aromatic carbocycles. The van der Waals surface area contributed by atoms with Gasteiger partial charge in [0.2, 0.25) is 0 Å². The standard InChI is InChI=1S/C6H3ClF2S/c7-10-4-1-2-5(8)6(9)3-4/h1-3H. The second-order valence-electron chi connectivity index (χ2n) is 1.65. The Hall–Kier alpha value is -0.280. The van der Waals surface area contributed by atoms with Gasteiger partial charge in [0.25, 0.3) is 0 Å². The largest absolute Gasteiger partial charge is 0.204 e. The minimum atomic E-state index is -0.870. The molecular formula is C6H3ClF2S. The fourth-order valence-electron chi connectivity index (χ4n) is 0.525. The van der Waals surface area contributed by atoms with Crippen molar-refractivity contribution in [3.05, 3.63) is 29.8 Å². The van der Waals surface area contributed by atoms with E-state index < -0.39 is 11.6 Å². The summed E-state index contributed by atoms with van der Waals surface area (Å²) < 4.78 is 24.5. The van der Waals surface area contributed by atoms with Gasteiger partial charge in [0.05, 0.1) is 0 Å². The van der Waals surface area contributed by atoms with Crippen LogP contribution < -0.4 is 0 Å². The van der Waals surface area contributed by atoms with E-state index in [0.29, 0.717) is 4.90 Å². The highest BCUT2D eigenvalue weighted by molar-refractivity contribution is 8.21. The van der Waals surface area contributed by atoms with Gasteiger partial charge in [-0.25, -0.2) is 8.78 Å². The van der Waals surface area contributed by atoms with Crippen molar-refractivity contribution in [2.75, 3.05) is 0 Å². The van der Waals surface area contributed by atoms with Crippen LogP contribution in [0.4, 0.5) is 8.78 Å². The zero-order valence-corrected chi connectivity index (χ0v) is 6.35. The smallest absolute Gasteiger partial charge is 0.159 e. The van der Waals surface area contributed by atoms with Crippen molar-refractivity contribution in [2.45, 2.75) is 4.90 Å². The first-order valence-corrected chi connectivity index (χ1v) is 4.12. The van der Waals surface area contributed by atoms with Gasteiger partial charge < -0.3 is 0 Å². The van der Waals surface area contributed by atoms with E-state index >= 15 is 0 Å². The number of hydrogen-bond acceptors (Lipinski definition) is 1. The van der Waals surface area contributed by atoms with Gasteiger partial charge in [-0.05, 0) is 39.9 Å². The summed E-state index contributed by atoms with van der Waals surface area (Å²) in [7, 11) is 6.14. The fourth-order valence-corrected chi connectivity index (χ4v) is 1.08. The Morgan fingerprint density at radius 2 is 1.90 bits per heavy atom. The van der Waals surface area contributed by atoms with Crippen molar-refractivity contribution < 1.29 is 8.78 Å². The van der Waals surface area contributed by atoms with Gasteiger partial charge in [-0.3, -0.25) is 0 Å². The maximum absolute atomic E-state index is 12.3. The van der Waals surface area contributed by atoms with Gasteiger partial charge in [-0.15, -0.1) is 0 Å². The van der Waals surface area contributed by atoms with E-state index in [-0.39, 0.29) is 0 Å². The highest BCUT2D eigenvalue weighted by Gasteiger charge is 2.00. The van der Waals surface area contributed by atoms with Crippen LogP contribution in [-0.2, 0) is 0 Å². The van der Waals surface area contributed by atoms with Gasteiger partial charge in [0, 0.05) is 4.90 Å². The van der Waals surface area contributed by atoms with Crippen LogP contribution in [0.25, 0.3) is 0 Å². The van der Waals surface area contributed by atoms with E-state index in [0.717, 1.165) is 23.1 Å². The summed E-state index contributed by atoms with van der Waals surface area (Å²) in [5.74, 6) is -1.72. The molecule has 10 heavy (non-hydrogen) atoms. The predicted molar refractivity (Wildman–Crippen MR) is 38.1 cm³/mol. The maximum Gasteiger partial charge on any atom is 0.159 e. The number of benzene rings is 1. The Morgan fingerprint density at radius 1 is 1.20 bits per heavy atom. The molecule has 0 radical (unpaired) electrons. The molecule has 54 valence electrons. The van der Waals surface area contributed by atoms with Gasteiger partial charge >= 0.3 is 0 Å².